The van der Waals surface area contributed by atoms with Gasteiger partial charge < -0.3 is 5.11 Å². The van der Waals surface area contributed by atoms with Crippen LogP contribution in [-0.2, 0) is 10.0 Å². The number of sulfonamides is 1. The Morgan fingerprint density at radius 1 is 1.27 bits per heavy atom. The molecule has 0 bridgehead atoms. The fourth-order valence-electron chi connectivity index (χ4n) is 1.77. The Morgan fingerprint density at radius 2 is 1.87 bits per heavy atom. The molecule has 4 nitrogen and oxygen atoms in total. The van der Waals surface area contributed by atoms with Gasteiger partial charge in [0.05, 0.1) is 11.9 Å². The normalized spacial score (nSPS) is 27.9. The van der Waals surface area contributed by atoms with Crippen LogP contribution in [0.1, 0.15) is 25.7 Å². The summed E-state index contributed by atoms with van der Waals surface area (Å²) in [5.41, 5.74) is 0. The van der Waals surface area contributed by atoms with Gasteiger partial charge in [-0.15, -0.1) is 11.6 Å². The summed E-state index contributed by atoms with van der Waals surface area (Å²) in [6.07, 6.45) is 3.15. The quantitative estimate of drug-likeness (QED) is 0.711. The summed E-state index contributed by atoms with van der Waals surface area (Å²) in [5, 5.41) is 9.28. The predicted octanol–water partition coefficient (Wildman–Crippen LogP) is 0.696. The molecule has 1 fully saturated rings. The zero-order valence-electron chi connectivity index (χ0n) is 8.65. The monoisotopic (exact) mass is 255 g/mol. The van der Waals surface area contributed by atoms with Crippen LogP contribution in [0.5, 0.6) is 0 Å². The van der Waals surface area contributed by atoms with Crippen molar-refractivity contribution in [1.82, 2.24) is 4.72 Å². The lowest BCUT2D eigenvalue weighted by Gasteiger charge is -2.25. The van der Waals surface area contributed by atoms with Gasteiger partial charge in [-0.2, -0.15) is 0 Å². The Bertz CT molecular complexity index is 273. The molecule has 15 heavy (non-hydrogen) atoms. The molecule has 0 atom stereocenters. The number of nitrogens with one attached hydrogen (secondary N) is 1. The first-order chi connectivity index (χ1) is 7.03. The van der Waals surface area contributed by atoms with Crippen LogP contribution in [-0.4, -0.2) is 37.8 Å². The molecule has 2 N–H and O–H groups in total. The lowest BCUT2D eigenvalue weighted by molar-refractivity contribution is 0.110. The second-order valence-electron chi connectivity index (χ2n) is 4.03. The van der Waals surface area contributed by atoms with Crippen LogP contribution in [0.25, 0.3) is 0 Å². The zero-order valence-corrected chi connectivity index (χ0v) is 10.2. The van der Waals surface area contributed by atoms with Crippen LogP contribution >= 0.6 is 11.6 Å². The first kappa shape index (κ1) is 13.2. The highest BCUT2D eigenvalue weighted by Gasteiger charge is 2.20. The molecular formula is C9H18ClNO3S. The van der Waals surface area contributed by atoms with Crippen LogP contribution in [0.4, 0.5) is 0 Å². The zero-order chi connectivity index (χ0) is 11.3. The van der Waals surface area contributed by atoms with Gasteiger partial charge in [-0.05, 0) is 31.6 Å². The van der Waals surface area contributed by atoms with E-state index in [1.807, 2.05) is 0 Å². The smallest absolute Gasteiger partial charge is 0.212 e. The minimum absolute atomic E-state index is 0.0239. The molecule has 6 heteroatoms. The first-order valence-electron chi connectivity index (χ1n) is 5.25. The lowest BCUT2D eigenvalue weighted by atomic mass is 9.88. The van der Waals surface area contributed by atoms with Gasteiger partial charge in [-0.3, -0.25) is 0 Å². The highest BCUT2D eigenvalue weighted by Crippen LogP contribution is 2.23. The number of hydrogen-bond donors (Lipinski definition) is 2. The number of aliphatic hydroxyl groups excluding tert-OH is 1. The third-order valence-electron chi connectivity index (χ3n) is 2.75. The van der Waals surface area contributed by atoms with Gasteiger partial charge in [0.25, 0.3) is 0 Å². The number of rotatable bonds is 5. The molecule has 0 heterocycles. The van der Waals surface area contributed by atoms with Gasteiger partial charge in [-0.25, -0.2) is 13.1 Å². The molecule has 0 aromatic carbocycles. The second-order valence-corrected chi connectivity index (χ2v) is 6.34. The van der Waals surface area contributed by atoms with Gasteiger partial charge in [0.1, 0.15) is 0 Å². The molecular weight excluding hydrogens is 238 g/mol. The maximum absolute atomic E-state index is 11.3. The Labute approximate surface area is 96.1 Å². The predicted molar refractivity (Wildman–Crippen MR) is 60.5 cm³/mol. The maximum Gasteiger partial charge on any atom is 0.212 e. The van der Waals surface area contributed by atoms with E-state index in [0.29, 0.717) is 12.5 Å². The van der Waals surface area contributed by atoms with Crippen molar-refractivity contribution in [2.75, 3.05) is 18.2 Å². The summed E-state index contributed by atoms with van der Waals surface area (Å²) in [4.78, 5) is 0. The molecule has 0 aliphatic heterocycles. The first-order valence-corrected chi connectivity index (χ1v) is 7.43. The summed E-state index contributed by atoms with van der Waals surface area (Å²) < 4.78 is 25.1. The van der Waals surface area contributed by atoms with Crippen molar-refractivity contribution in [1.29, 1.82) is 0 Å². The highest BCUT2D eigenvalue weighted by atomic mass is 35.5. The van der Waals surface area contributed by atoms with E-state index in [1.54, 1.807) is 0 Å². The third-order valence-corrected chi connectivity index (χ3v) is 4.52. The molecule has 0 saturated heterocycles. The van der Waals surface area contributed by atoms with Crippen LogP contribution in [0, 0.1) is 5.92 Å². The number of halogens is 1. The summed E-state index contributed by atoms with van der Waals surface area (Å²) in [6.45, 7) is 0.478. The van der Waals surface area contributed by atoms with Crippen molar-refractivity contribution in [3.63, 3.8) is 0 Å². The molecule has 90 valence electrons. The van der Waals surface area contributed by atoms with Crippen LogP contribution in [0.15, 0.2) is 0 Å². The Hall–Kier alpha value is 0.160. The number of aliphatic hydroxyl groups is 1. The van der Waals surface area contributed by atoms with E-state index in [4.69, 9.17) is 11.6 Å². The lowest BCUT2D eigenvalue weighted by Crippen LogP contribution is -2.33. The molecule has 0 radical (unpaired) electrons. The van der Waals surface area contributed by atoms with E-state index < -0.39 is 10.0 Å². The van der Waals surface area contributed by atoms with E-state index in [1.165, 1.54) is 0 Å². The average Bonchev–Trinajstić information content (AvgIpc) is 2.17. The SMILES string of the molecule is O=S(=O)(CCCl)NCC1CCC(O)CC1. The van der Waals surface area contributed by atoms with Gasteiger partial charge in [-0.1, -0.05) is 0 Å². The van der Waals surface area contributed by atoms with E-state index in [0.717, 1.165) is 25.7 Å². The fraction of sp³-hybridized carbons (Fsp3) is 1.00. The molecule has 0 spiro atoms. The van der Waals surface area contributed by atoms with E-state index in [2.05, 4.69) is 4.72 Å². The topological polar surface area (TPSA) is 66.4 Å². The van der Waals surface area contributed by atoms with Gasteiger partial charge in [0, 0.05) is 12.4 Å². The minimum Gasteiger partial charge on any atom is -0.393 e. The Morgan fingerprint density at radius 3 is 2.40 bits per heavy atom. The highest BCUT2D eigenvalue weighted by molar-refractivity contribution is 7.89. The molecule has 1 aliphatic rings. The van der Waals surface area contributed by atoms with Gasteiger partial charge >= 0.3 is 0 Å². The number of alkyl halides is 1. The largest absolute Gasteiger partial charge is 0.393 e. The fourth-order valence-corrected chi connectivity index (χ4v) is 3.21. The van der Waals surface area contributed by atoms with Crippen LogP contribution in [0.3, 0.4) is 0 Å². The van der Waals surface area contributed by atoms with Crippen LogP contribution in [0.2, 0.25) is 0 Å². The van der Waals surface area contributed by atoms with E-state index in [-0.39, 0.29) is 17.7 Å². The van der Waals surface area contributed by atoms with E-state index in [9.17, 15) is 13.5 Å². The molecule has 1 saturated carbocycles. The molecule has 1 rings (SSSR count). The molecule has 0 amide bonds. The standard InChI is InChI=1S/C9H18ClNO3S/c10-5-6-15(13,14)11-7-8-1-3-9(12)4-2-8/h8-9,11-12H,1-7H2. The summed E-state index contributed by atoms with van der Waals surface area (Å²) in [6, 6.07) is 0. The van der Waals surface area contributed by atoms with Crippen molar-refractivity contribution in [3.05, 3.63) is 0 Å². The van der Waals surface area contributed by atoms with Crippen molar-refractivity contribution in [2.24, 2.45) is 5.92 Å². The minimum atomic E-state index is -3.19. The maximum atomic E-state index is 11.3. The van der Waals surface area contributed by atoms with Gasteiger partial charge in [0.15, 0.2) is 0 Å². The van der Waals surface area contributed by atoms with E-state index >= 15 is 0 Å². The van der Waals surface area contributed by atoms with Gasteiger partial charge in [0.2, 0.25) is 10.0 Å². The molecule has 0 aromatic heterocycles. The Kier molecular flexibility index (Phi) is 5.32. The van der Waals surface area contributed by atoms with Crippen molar-refractivity contribution >= 4 is 21.6 Å². The average molecular weight is 256 g/mol. The summed E-state index contributed by atoms with van der Waals surface area (Å²) in [5.74, 6) is 0.460. The molecule has 0 unspecified atom stereocenters. The molecule has 0 aromatic rings. The molecule has 1 aliphatic carbocycles. The Balaban J connectivity index is 2.25. The summed E-state index contributed by atoms with van der Waals surface area (Å²) in [7, 11) is -3.19. The summed E-state index contributed by atoms with van der Waals surface area (Å²) >= 11 is 5.37. The third kappa shape index (κ3) is 5.15. The second kappa shape index (κ2) is 6.03. The van der Waals surface area contributed by atoms with Crippen molar-refractivity contribution in [3.8, 4) is 0 Å². The van der Waals surface area contributed by atoms with Crippen molar-refractivity contribution < 1.29 is 13.5 Å². The number of hydrogen-bond acceptors (Lipinski definition) is 3. The van der Waals surface area contributed by atoms with Crippen molar-refractivity contribution in [2.45, 2.75) is 31.8 Å². The van der Waals surface area contributed by atoms with Crippen LogP contribution < -0.4 is 4.72 Å².